The van der Waals surface area contributed by atoms with Crippen molar-refractivity contribution < 1.29 is 14.7 Å². The first-order chi connectivity index (χ1) is 9.06. The number of aromatic amines is 1. The van der Waals surface area contributed by atoms with Gasteiger partial charge in [-0.05, 0) is 23.3 Å². The molecule has 1 aliphatic rings. The number of rotatable bonds is 2. The van der Waals surface area contributed by atoms with Crippen molar-refractivity contribution in [2.75, 3.05) is 11.9 Å². The second-order valence-electron chi connectivity index (χ2n) is 4.42. The Balaban J connectivity index is 2.01. The lowest BCUT2D eigenvalue weighted by molar-refractivity contribution is -0.117. The summed E-state index contributed by atoms with van der Waals surface area (Å²) >= 11 is 0. The molecular weight excluding hydrogens is 246 g/mol. The van der Waals surface area contributed by atoms with Crippen molar-refractivity contribution in [3.05, 3.63) is 35.8 Å². The minimum atomic E-state index is -1.10. The number of carboxylic acids is 1. The van der Waals surface area contributed by atoms with E-state index in [1.165, 1.54) is 6.20 Å². The SMILES string of the molecule is CN1C(=O)Cc2cc(-c3cnc(C(=O)O)[nH]3)ccc21. The van der Waals surface area contributed by atoms with Crippen molar-refractivity contribution in [3.63, 3.8) is 0 Å². The van der Waals surface area contributed by atoms with Crippen molar-refractivity contribution in [2.45, 2.75) is 6.42 Å². The number of carbonyl (C=O) groups is 2. The Hall–Kier alpha value is -2.63. The third-order valence-electron chi connectivity index (χ3n) is 3.25. The minimum absolute atomic E-state index is 0.0583. The van der Waals surface area contributed by atoms with Crippen LogP contribution in [0.1, 0.15) is 16.2 Å². The first kappa shape index (κ1) is 11.5. The molecule has 1 amide bonds. The lowest BCUT2D eigenvalue weighted by Crippen LogP contribution is -2.20. The summed E-state index contributed by atoms with van der Waals surface area (Å²) in [5.74, 6) is -1.13. The van der Waals surface area contributed by atoms with Gasteiger partial charge < -0.3 is 15.0 Å². The fraction of sp³-hybridized carbons (Fsp3) is 0.154. The molecule has 2 heterocycles. The zero-order valence-electron chi connectivity index (χ0n) is 10.2. The Morgan fingerprint density at radius 2 is 2.26 bits per heavy atom. The molecule has 0 saturated carbocycles. The number of hydrogen-bond donors (Lipinski definition) is 2. The second-order valence-corrected chi connectivity index (χ2v) is 4.42. The van der Waals surface area contributed by atoms with E-state index in [4.69, 9.17) is 5.11 Å². The average molecular weight is 257 g/mol. The van der Waals surface area contributed by atoms with Crippen LogP contribution in [-0.2, 0) is 11.2 Å². The topological polar surface area (TPSA) is 86.3 Å². The molecule has 2 aromatic rings. The van der Waals surface area contributed by atoms with Gasteiger partial charge in [-0.25, -0.2) is 9.78 Å². The first-order valence-corrected chi connectivity index (χ1v) is 5.74. The Morgan fingerprint density at radius 3 is 2.95 bits per heavy atom. The smallest absolute Gasteiger partial charge is 0.371 e. The van der Waals surface area contributed by atoms with E-state index in [1.54, 1.807) is 11.9 Å². The number of carbonyl (C=O) groups excluding carboxylic acids is 1. The highest BCUT2D eigenvalue weighted by atomic mass is 16.4. The quantitative estimate of drug-likeness (QED) is 0.848. The molecule has 0 fully saturated rings. The Bertz CT molecular complexity index is 690. The van der Waals surface area contributed by atoms with Crippen LogP contribution >= 0.6 is 0 Å². The van der Waals surface area contributed by atoms with Gasteiger partial charge in [-0.1, -0.05) is 6.07 Å². The summed E-state index contributed by atoms with van der Waals surface area (Å²) in [5, 5.41) is 8.82. The van der Waals surface area contributed by atoms with Gasteiger partial charge in [0.05, 0.1) is 18.3 Å². The zero-order valence-corrected chi connectivity index (χ0v) is 10.2. The Morgan fingerprint density at radius 1 is 1.47 bits per heavy atom. The number of likely N-dealkylation sites (N-methyl/N-ethyl adjacent to an activating group) is 1. The molecule has 1 aromatic heterocycles. The van der Waals surface area contributed by atoms with Crippen LogP contribution in [-0.4, -0.2) is 34.0 Å². The number of amides is 1. The van der Waals surface area contributed by atoms with Gasteiger partial charge in [-0.3, -0.25) is 4.79 Å². The minimum Gasteiger partial charge on any atom is -0.475 e. The van der Waals surface area contributed by atoms with Crippen molar-refractivity contribution in [1.82, 2.24) is 9.97 Å². The van der Waals surface area contributed by atoms with Gasteiger partial charge in [0.25, 0.3) is 0 Å². The van der Waals surface area contributed by atoms with Crippen LogP contribution < -0.4 is 4.90 Å². The van der Waals surface area contributed by atoms with Gasteiger partial charge in [0, 0.05) is 12.7 Å². The van der Waals surface area contributed by atoms with Crippen molar-refractivity contribution in [3.8, 4) is 11.3 Å². The largest absolute Gasteiger partial charge is 0.475 e. The molecule has 2 N–H and O–H groups in total. The predicted octanol–water partition coefficient (Wildman–Crippen LogP) is 1.29. The second kappa shape index (κ2) is 3.94. The van der Waals surface area contributed by atoms with Crippen LogP contribution in [0.3, 0.4) is 0 Å². The Labute approximate surface area is 108 Å². The highest BCUT2D eigenvalue weighted by Crippen LogP contribution is 2.31. The number of nitrogens with zero attached hydrogens (tertiary/aromatic N) is 2. The van der Waals surface area contributed by atoms with Crippen LogP contribution in [0.15, 0.2) is 24.4 Å². The van der Waals surface area contributed by atoms with E-state index >= 15 is 0 Å². The monoisotopic (exact) mass is 257 g/mol. The molecule has 96 valence electrons. The molecule has 0 spiro atoms. The van der Waals surface area contributed by atoms with E-state index in [9.17, 15) is 9.59 Å². The van der Waals surface area contributed by atoms with E-state index in [-0.39, 0.29) is 11.7 Å². The molecular formula is C13H11N3O3. The highest BCUT2D eigenvalue weighted by molar-refractivity contribution is 6.01. The molecule has 6 heteroatoms. The lowest BCUT2D eigenvalue weighted by Gasteiger charge is -2.09. The number of carboxylic acid groups (broad SMARTS) is 1. The number of aromatic carboxylic acids is 1. The third kappa shape index (κ3) is 1.77. The number of imidazole rings is 1. The zero-order chi connectivity index (χ0) is 13.6. The summed E-state index contributed by atoms with van der Waals surface area (Å²) in [6, 6.07) is 5.58. The van der Waals surface area contributed by atoms with Gasteiger partial charge >= 0.3 is 5.97 Å². The maximum absolute atomic E-state index is 11.6. The summed E-state index contributed by atoms with van der Waals surface area (Å²) in [6.45, 7) is 0. The van der Waals surface area contributed by atoms with Gasteiger partial charge in [0.15, 0.2) is 0 Å². The number of hydrogen-bond acceptors (Lipinski definition) is 3. The number of fused-ring (bicyclic) bond motifs is 1. The average Bonchev–Trinajstić information content (AvgIpc) is 2.96. The number of anilines is 1. The molecule has 0 aliphatic carbocycles. The van der Waals surface area contributed by atoms with E-state index in [0.29, 0.717) is 12.1 Å². The van der Waals surface area contributed by atoms with Gasteiger partial charge in [0.1, 0.15) is 0 Å². The Kier molecular flexibility index (Phi) is 2.38. The third-order valence-corrected chi connectivity index (χ3v) is 3.25. The van der Waals surface area contributed by atoms with Crippen molar-refractivity contribution >= 4 is 17.6 Å². The molecule has 19 heavy (non-hydrogen) atoms. The first-order valence-electron chi connectivity index (χ1n) is 5.74. The maximum Gasteiger partial charge on any atom is 0.371 e. The number of nitrogens with one attached hydrogen (secondary N) is 1. The molecule has 0 bridgehead atoms. The van der Waals surface area contributed by atoms with Gasteiger partial charge in [-0.15, -0.1) is 0 Å². The fourth-order valence-corrected chi connectivity index (χ4v) is 2.21. The lowest BCUT2D eigenvalue weighted by atomic mass is 10.1. The van der Waals surface area contributed by atoms with Crippen LogP contribution in [0.2, 0.25) is 0 Å². The highest BCUT2D eigenvalue weighted by Gasteiger charge is 2.24. The molecule has 1 aromatic carbocycles. The van der Waals surface area contributed by atoms with Crippen LogP contribution in [0.5, 0.6) is 0 Å². The number of aromatic nitrogens is 2. The summed E-state index contributed by atoms with van der Waals surface area (Å²) in [7, 11) is 1.74. The molecule has 0 radical (unpaired) electrons. The van der Waals surface area contributed by atoms with Crippen molar-refractivity contribution in [2.24, 2.45) is 0 Å². The molecule has 0 atom stereocenters. The molecule has 1 aliphatic heterocycles. The van der Waals surface area contributed by atoms with Crippen molar-refractivity contribution in [1.29, 1.82) is 0 Å². The summed E-state index contributed by atoms with van der Waals surface area (Å²) in [5.41, 5.74) is 3.28. The van der Waals surface area contributed by atoms with E-state index < -0.39 is 5.97 Å². The summed E-state index contributed by atoms with van der Waals surface area (Å²) in [6.07, 6.45) is 1.85. The molecule has 3 rings (SSSR count). The summed E-state index contributed by atoms with van der Waals surface area (Å²) in [4.78, 5) is 30.5. The molecule has 0 saturated heterocycles. The van der Waals surface area contributed by atoms with Crippen LogP contribution in [0.4, 0.5) is 5.69 Å². The van der Waals surface area contributed by atoms with Crippen LogP contribution in [0, 0.1) is 0 Å². The molecule has 0 unspecified atom stereocenters. The van der Waals surface area contributed by atoms with Gasteiger partial charge in [0.2, 0.25) is 11.7 Å². The van der Waals surface area contributed by atoms with Gasteiger partial charge in [-0.2, -0.15) is 0 Å². The molecule has 6 nitrogen and oxygen atoms in total. The number of benzene rings is 1. The maximum atomic E-state index is 11.6. The van der Waals surface area contributed by atoms with E-state index in [1.807, 2.05) is 18.2 Å². The summed E-state index contributed by atoms with van der Waals surface area (Å²) < 4.78 is 0. The predicted molar refractivity (Wildman–Crippen MR) is 68.1 cm³/mol. The fourth-order valence-electron chi connectivity index (χ4n) is 2.21. The van der Waals surface area contributed by atoms with E-state index in [0.717, 1.165) is 16.8 Å². The van der Waals surface area contributed by atoms with Crippen LogP contribution in [0.25, 0.3) is 11.3 Å². The van der Waals surface area contributed by atoms with E-state index in [2.05, 4.69) is 9.97 Å². The normalized spacial score (nSPS) is 13.7. The number of H-pyrrole nitrogens is 1. The standard InChI is InChI=1S/C13H11N3O3/c1-16-10-3-2-7(4-8(10)5-11(16)17)9-6-14-12(15-9)13(18)19/h2-4,6H,5H2,1H3,(H,14,15)(H,18,19).